The first-order valence-corrected chi connectivity index (χ1v) is 7.29. The number of benzene rings is 2. The highest BCUT2D eigenvalue weighted by molar-refractivity contribution is 5.39. The van der Waals surface area contributed by atoms with Gasteiger partial charge in [0.25, 0.3) is 0 Å². The third-order valence-electron chi connectivity index (χ3n) is 3.75. The Bertz CT molecular complexity index is 609. The van der Waals surface area contributed by atoms with Gasteiger partial charge in [-0.15, -0.1) is 0 Å². The van der Waals surface area contributed by atoms with Crippen LogP contribution in [0.2, 0.25) is 0 Å². The SMILES string of the molecule is Cc1ccc(OCC2Cc3ccccc3O2)c([C@@H](C)O)c1. The Hall–Kier alpha value is -2.00. The van der Waals surface area contributed by atoms with Gasteiger partial charge in [-0.3, -0.25) is 0 Å². The first-order valence-electron chi connectivity index (χ1n) is 7.29. The van der Waals surface area contributed by atoms with Crippen LogP contribution in [0.15, 0.2) is 42.5 Å². The van der Waals surface area contributed by atoms with Crippen molar-refractivity contribution in [2.45, 2.75) is 32.5 Å². The zero-order chi connectivity index (χ0) is 14.8. The minimum atomic E-state index is -0.540. The highest BCUT2D eigenvalue weighted by Gasteiger charge is 2.23. The van der Waals surface area contributed by atoms with Crippen LogP contribution in [0.25, 0.3) is 0 Å². The molecule has 0 fully saturated rings. The van der Waals surface area contributed by atoms with Crippen molar-refractivity contribution in [3.63, 3.8) is 0 Å². The summed E-state index contributed by atoms with van der Waals surface area (Å²) in [6.45, 7) is 4.24. The van der Waals surface area contributed by atoms with Crippen LogP contribution in [0.4, 0.5) is 0 Å². The van der Waals surface area contributed by atoms with Crippen LogP contribution in [0, 0.1) is 6.92 Å². The molecule has 0 aromatic heterocycles. The summed E-state index contributed by atoms with van der Waals surface area (Å²) < 4.78 is 11.7. The summed E-state index contributed by atoms with van der Waals surface area (Å²) in [5.41, 5.74) is 3.17. The van der Waals surface area contributed by atoms with E-state index in [-0.39, 0.29) is 6.10 Å². The summed E-state index contributed by atoms with van der Waals surface area (Å²) in [6.07, 6.45) is 0.360. The van der Waals surface area contributed by atoms with E-state index in [1.807, 2.05) is 43.3 Å². The molecule has 0 aliphatic carbocycles. The smallest absolute Gasteiger partial charge is 0.137 e. The van der Waals surface area contributed by atoms with E-state index in [2.05, 4.69) is 6.07 Å². The van der Waals surface area contributed by atoms with E-state index in [1.54, 1.807) is 6.92 Å². The van der Waals surface area contributed by atoms with Gasteiger partial charge in [0, 0.05) is 12.0 Å². The maximum absolute atomic E-state index is 9.85. The molecule has 1 aliphatic heterocycles. The average Bonchev–Trinajstić information content (AvgIpc) is 2.88. The monoisotopic (exact) mass is 284 g/mol. The fourth-order valence-electron chi connectivity index (χ4n) is 2.66. The molecular weight excluding hydrogens is 264 g/mol. The van der Waals surface area contributed by atoms with Crippen LogP contribution >= 0.6 is 0 Å². The number of fused-ring (bicyclic) bond motifs is 1. The fraction of sp³-hybridized carbons (Fsp3) is 0.333. The Morgan fingerprint density at radius 3 is 2.86 bits per heavy atom. The van der Waals surface area contributed by atoms with E-state index in [1.165, 1.54) is 5.56 Å². The molecule has 3 nitrogen and oxygen atoms in total. The van der Waals surface area contributed by atoms with E-state index in [4.69, 9.17) is 9.47 Å². The summed E-state index contributed by atoms with van der Waals surface area (Å²) in [4.78, 5) is 0. The lowest BCUT2D eigenvalue weighted by Crippen LogP contribution is -2.22. The van der Waals surface area contributed by atoms with Crippen LogP contribution in [0.5, 0.6) is 11.5 Å². The molecule has 3 rings (SSSR count). The van der Waals surface area contributed by atoms with Gasteiger partial charge >= 0.3 is 0 Å². The number of hydrogen-bond acceptors (Lipinski definition) is 3. The van der Waals surface area contributed by atoms with Gasteiger partial charge in [0.15, 0.2) is 0 Å². The molecule has 1 aliphatic rings. The van der Waals surface area contributed by atoms with Crippen molar-refractivity contribution in [2.75, 3.05) is 6.61 Å². The van der Waals surface area contributed by atoms with Gasteiger partial charge < -0.3 is 14.6 Å². The van der Waals surface area contributed by atoms with Crippen molar-refractivity contribution in [3.8, 4) is 11.5 Å². The van der Waals surface area contributed by atoms with Gasteiger partial charge in [-0.1, -0.05) is 29.8 Å². The molecule has 2 aromatic carbocycles. The number of hydrogen-bond donors (Lipinski definition) is 1. The molecule has 1 heterocycles. The molecule has 1 N–H and O–H groups in total. The van der Waals surface area contributed by atoms with Gasteiger partial charge in [-0.05, 0) is 37.6 Å². The lowest BCUT2D eigenvalue weighted by molar-refractivity contribution is 0.141. The molecular formula is C18H20O3. The van der Waals surface area contributed by atoms with E-state index >= 15 is 0 Å². The molecule has 1 unspecified atom stereocenters. The summed E-state index contributed by atoms with van der Waals surface area (Å²) in [6, 6.07) is 13.9. The second kappa shape index (κ2) is 5.78. The molecule has 0 bridgehead atoms. The summed E-state index contributed by atoms with van der Waals surface area (Å²) in [5.74, 6) is 1.68. The Morgan fingerprint density at radius 1 is 1.29 bits per heavy atom. The number of para-hydroxylation sites is 1. The number of aliphatic hydroxyl groups is 1. The molecule has 0 saturated heterocycles. The normalized spacial score (nSPS) is 18.0. The number of aryl methyl sites for hydroxylation is 1. The molecule has 3 heteroatoms. The van der Waals surface area contributed by atoms with Crippen molar-refractivity contribution in [1.82, 2.24) is 0 Å². The molecule has 0 saturated carbocycles. The van der Waals surface area contributed by atoms with Crippen LogP contribution in [0.1, 0.15) is 29.7 Å². The minimum Gasteiger partial charge on any atom is -0.489 e. The third-order valence-corrected chi connectivity index (χ3v) is 3.75. The zero-order valence-electron chi connectivity index (χ0n) is 12.4. The molecule has 0 spiro atoms. The molecule has 0 amide bonds. The summed E-state index contributed by atoms with van der Waals surface area (Å²) >= 11 is 0. The van der Waals surface area contributed by atoms with Crippen LogP contribution in [-0.4, -0.2) is 17.8 Å². The van der Waals surface area contributed by atoms with E-state index in [0.29, 0.717) is 6.61 Å². The van der Waals surface area contributed by atoms with Gasteiger partial charge in [0.1, 0.15) is 24.2 Å². The van der Waals surface area contributed by atoms with Gasteiger partial charge in [0.05, 0.1) is 6.10 Å². The van der Waals surface area contributed by atoms with Gasteiger partial charge in [-0.25, -0.2) is 0 Å². The topological polar surface area (TPSA) is 38.7 Å². The maximum atomic E-state index is 9.85. The van der Waals surface area contributed by atoms with E-state index in [9.17, 15) is 5.11 Å². The first-order chi connectivity index (χ1) is 10.1. The van der Waals surface area contributed by atoms with Crippen LogP contribution in [-0.2, 0) is 6.42 Å². The van der Waals surface area contributed by atoms with Crippen LogP contribution < -0.4 is 9.47 Å². The van der Waals surface area contributed by atoms with Crippen molar-refractivity contribution >= 4 is 0 Å². The Kier molecular flexibility index (Phi) is 3.84. The Morgan fingerprint density at radius 2 is 2.10 bits per heavy atom. The molecule has 21 heavy (non-hydrogen) atoms. The van der Waals surface area contributed by atoms with Crippen molar-refractivity contribution < 1.29 is 14.6 Å². The third kappa shape index (κ3) is 3.03. The van der Waals surface area contributed by atoms with Crippen molar-refractivity contribution in [3.05, 3.63) is 59.2 Å². The van der Waals surface area contributed by atoms with E-state index in [0.717, 1.165) is 29.0 Å². The molecule has 0 radical (unpaired) electrons. The zero-order valence-corrected chi connectivity index (χ0v) is 12.4. The maximum Gasteiger partial charge on any atom is 0.137 e. The molecule has 2 atom stereocenters. The highest BCUT2D eigenvalue weighted by Crippen LogP contribution is 2.30. The standard InChI is InChI=1S/C18H20O3/c1-12-7-8-18(16(9-12)13(2)19)20-11-15-10-14-5-3-4-6-17(14)21-15/h3-9,13,15,19H,10-11H2,1-2H3/t13-,15?/m1/s1. The average molecular weight is 284 g/mol. The number of ether oxygens (including phenoxy) is 2. The number of aliphatic hydroxyl groups excluding tert-OH is 1. The Balaban J connectivity index is 1.67. The molecule has 110 valence electrons. The van der Waals surface area contributed by atoms with Crippen LogP contribution in [0.3, 0.4) is 0 Å². The highest BCUT2D eigenvalue weighted by atomic mass is 16.5. The quantitative estimate of drug-likeness (QED) is 0.935. The van der Waals surface area contributed by atoms with Gasteiger partial charge in [0.2, 0.25) is 0 Å². The predicted molar refractivity (Wildman–Crippen MR) is 81.9 cm³/mol. The second-order valence-corrected chi connectivity index (χ2v) is 5.58. The minimum absolute atomic E-state index is 0.0329. The Labute approximate surface area is 125 Å². The van der Waals surface area contributed by atoms with Gasteiger partial charge in [-0.2, -0.15) is 0 Å². The van der Waals surface area contributed by atoms with Crippen molar-refractivity contribution in [1.29, 1.82) is 0 Å². The van der Waals surface area contributed by atoms with Crippen molar-refractivity contribution in [2.24, 2.45) is 0 Å². The number of rotatable bonds is 4. The lowest BCUT2D eigenvalue weighted by Gasteiger charge is -2.17. The molecule has 2 aromatic rings. The second-order valence-electron chi connectivity index (χ2n) is 5.58. The predicted octanol–water partition coefficient (Wildman–Crippen LogP) is 3.43. The van der Waals surface area contributed by atoms with E-state index < -0.39 is 6.10 Å². The largest absolute Gasteiger partial charge is 0.489 e. The first kappa shape index (κ1) is 14.0. The summed E-state index contributed by atoms with van der Waals surface area (Å²) in [7, 11) is 0. The lowest BCUT2D eigenvalue weighted by atomic mass is 10.1. The summed E-state index contributed by atoms with van der Waals surface area (Å²) in [5, 5.41) is 9.85. The fourth-order valence-corrected chi connectivity index (χ4v) is 2.66.